The van der Waals surface area contributed by atoms with Crippen LogP contribution in [0.5, 0.6) is 0 Å². The highest BCUT2D eigenvalue weighted by molar-refractivity contribution is 5.82. The quantitative estimate of drug-likeness (QED) is 0.845. The van der Waals surface area contributed by atoms with Crippen LogP contribution in [-0.4, -0.2) is 22.5 Å². The lowest BCUT2D eigenvalue weighted by atomic mass is 9.86. The Hall–Kier alpha value is -1.39. The number of aliphatic hydroxyl groups is 1. The van der Waals surface area contributed by atoms with Crippen molar-refractivity contribution in [2.24, 2.45) is 5.41 Å². The first-order chi connectivity index (χ1) is 9.10. The molecule has 0 amide bonds. The molecule has 0 bridgehead atoms. The Bertz CT molecular complexity index is 505. The maximum absolute atomic E-state index is 12.3. The van der Waals surface area contributed by atoms with Crippen molar-refractivity contribution >= 4 is 5.97 Å². The van der Waals surface area contributed by atoms with Crippen molar-refractivity contribution in [2.75, 3.05) is 0 Å². The lowest BCUT2D eigenvalue weighted by molar-refractivity contribution is -0.242. The standard InChI is InChI=1S/C16H22O4/c1-14(2,3)16(5)19-13(18)15(4,20-16)12(17)11-9-7-6-8-10-11/h6-10,12,17H,1-5H3/t12-,15-,16+/m0/s1. The van der Waals surface area contributed by atoms with E-state index in [9.17, 15) is 9.90 Å². The van der Waals surface area contributed by atoms with E-state index in [-0.39, 0.29) is 0 Å². The summed E-state index contributed by atoms with van der Waals surface area (Å²) in [6, 6.07) is 9.00. The normalized spacial score (nSPS) is 32.0. The topological polar surface area (TPSA) is 55.8 Å². The second-order valence-electron chi connectivity index (χ2n) is 6.61. The van der Waals surface area contributed by atoms with E-state index in [2.05, 4.69) is 0 Å². The summed E-state index contributed by atoms with van der Waals surface area (Å²) in [5.41, 5.74) is -1.16. The maximum Gasteiger partial charge on any atom is 0.343 e. The molecular weight excluding hydrogens is 256 g/mol. The largest absolute Gasteiger partial charge is 0.431 e. The summed E-state index contributed by atoms with van der Waals surface area (Å²) in [5, 5.41) is 10.5. The molecule has 110 valence electrons. The fourth-order valence-corrected chi connectivity index (χ4v) is 2.17. The van der Waals surface area contributed by atoms with Gasteiger partial charge in [0.25, 0.3) is 0 Å². The molecule has 3 atom stereocenters. The van der Waals surface area contributed by atoms with Gasteiger partial charge in [0.15, 0.2) is 5.60 Å². The zero-order valence-electron chi connectivity index (χ0n) is 12.6. The minimum Gasteiger partial charge on any atom is -0.431 e. The highest BCUT2D eigenvalue weighted by Gasteiger charge is 2.61. The molecular formula is C16H22O4. The Morgan fingerprint density at radius 3 is 2.15 bits per heavy atom. The van der Waals surface area contributed by atoms with Gasteiger partial charge in [-0.25, -0.2) is 4.79 Å². The van der Waals surface area contributed by atoms with Gasteiger partial charge in [0.1, 0.15) is 6.10 Å². The van der Waals surface area contributed by atoms with Crippen LogP contribution in [0.2, 0.25) is 0 Å². The molecule has 1 aromatic carbocycles. The second-order valence-corrected chi connectivity index (χ2v) is 6.61. The van der Waals surface area contributed by atoms with E-state index in [1.807, 2.05) is 39.0 Å². The van der Waals surface area contributed by atoms with Crippen molar-refractivity contribution in [3.8, 4) is 0 Å². The van der Waals surface area contributed by atoms with Crippen molar-refractivity contribution in [1.29, 1.82) is 0 Å². The smallest absolute Gasteiger partial charge is 0.343 e. The molecule has 4 nitrogen and oxygen atoms in total. The molecule has 1 heterocycles. The lowest BCUT2D eigenvalue weighted by Crippen LogP contribution is -2.45. The van der Waals surface area contributed by atoms with Crippen LogP contribution in [0.1, 0.15) is 46.3 Å². The predicted octanol–water partition coefficient (Wildman–Crippen LogP) is 2.81. The zero-order chi connectivity index (χ0) is 15.2. The van der Waals surface area contributed by atoms with Gasteiger partial charge in [-0.3, -0.25) is 0 Å². The molecule has 0 radical (unpaired) electrons. The van der Waals surface area contributed by atoms with Crippen molar-refractivity contribution in [1.82, 2.24) is 0 Å². The molecule has 1 N–H and O–H groups in total. The number of hydrogen-bond donors (Lipinski definition) is 1. The number of rotatable bonds is 2. The van der Waals surface area contributed by atoms with E-state index in [0.29, 0.717) is 5.56 Å². The van der Waals surface area contributed by atoms with Gasteiger partial charge >= 0.3 is 5.97 Å². The van der Waals surface area contributed by atoms with Crippen LogP contribution in [0.25, 0.3) is 0 Å². The van der Waals surface area contributed by atoms with E-state index in [1.165, 1.54) is 0 Å². The number of ether oxygens (including phenoxy) is 2. The molecule has 1 fully saturated rings. The fraction of sp³-hybridized carbons (Fsp3) is 0.562. The van der Waals surface area contributed by atoms with Gasteiger partial charge in [-0.1, -0.05) is 51.1 Å². The molecule has 0 aromatic heterocycles. The SMILES string of the molecule is CC(C)(C)[C@]1(C)OC(=O)[C@](C)([C@@H](O)c2ccccc2)O1. The van der Waals surface area contributed by atoms with Gasteiger partial charge in [-0.2, -0.15) is 0 Å². The van der Waals surface area contributed by atoms with E-state index in [1.54, 1.807) is 26.0 Å². The third-order valence-electron chi connectivity index (χ3n) is 4.10. The number of aliphatic hydroxyl groups excluding tert-OH is 1. The predicted molar refractivity (Wildman–Crippen MR) is 74.8 cm³/mol. The number of benzene rings is 1. The summed E-state index contributed by atoms with van der Waals surface area (Å²) in [6.07, 6.45) is -1.07. The molecule has 4 heteroatoms. The van der Waals surface area contributed by atoms with E-state index < -0.39 is 28.9 Å². The average Bonchev–Trinajstić information content (AvgIpc) is 2.61. The van der Waals surface area contributed by atoms with Crippen LogP contribution < -0.4 is 0 Å². The Kier molecular flexibility index (Phi) is 3.43. The van der Waals surface area contributed by atoms with Crippen LogP contribution in [0.15, 0.2) is 30.3 Å². The monoisotopic (exact) mass is 278 g/mol. The van der Waals surface area contributed by atoms with Crippen LogP contribution in [-0.2, 0) is 14.3 Å². The summed E-state index contributed by atoms with van der Waals surface area (Å²) in [4.78, 5) is 12.3. The Balaban J connectivity index is 2.35. The van der Waals surface area contributed by atoms with Crippen LogP contribution in [0.3, 0.4) is 0 Å². The first-order valence-corrected chi connectivity index (χ1v) is 6.77. The Morgan fingerprint density at radius 2 is 1.70 bits per heavy atom. The summed E-state index contributed by atoms with van der Waals surface area (Å²) >= 11 is 0. The Morgan fingerprint density at radius 1 is 1.15 bits per heavy atom. The van der Waals surface area contributed by atoms with Gasteiger partial charge in [-0.05, 0) is 12.5 Å². The Labute approximate surface area is 119 Å². The van der Waals surface area contributed by atoms with Crippen LogP contribution in [0.4, 0.5) is 0 Å². The van der Waals surface area contributed by atoms with Crippen molar-refractivity contribution in [3.63, 3.8) is 0 Å². The molecule has 0 aliphatic carbocycles. The van der Waals surface area contributed by atoms with E-state index >= 15 is 0 Å². The molecule has 0 saturated carbocycles. The third kappa shape index (κ3) is 2.23. The van der Waals surface area contributed by atoms with Crippen LogP contribution >= 0.6 is 0 Å². The molecule has 1 aromatic rings. The van der Waals surface area contributed by atoms with Gasteiger partial charge in [0, 0.05) is 12.3 Å². The second kappa shape index (κ2) is 4.57. The van der Waals surface area contributed by atoms with E-state index in [4.69, 9.17) is 9.47 Å². The molecule has 2 rings (SSSR count). The fourth-order valence-electron chi connectivity index (χ4n) is 2.17. The van der Waals surface area contributed by atoms with Gasteiger partial charge in [-0.15, -0.1) is 0 Å². The molecule has 1 saturated heterocycles. The molecule has 0 unspecified atom stereocenters. The number of esters is 1. The number of hydrogen-bond acceptors (Lipinski definition) is 4. The van der Waals surface area contributed by atoms with Gasteiger partial charge < -0.3 is 14.6 Å². The summed E-state index contributed by atoms with van der Waals surface area (Å²) in [6.45, 7) is 9.10. The molecule has 20 heavy (non-hydrogen) atoms. The maximum atomic E-state index is 12.3. The average molecular weight is 278 g/mol. The van der Waals surface area contributed by atoms with Crippen LogP contribution in [0, 0.1) is 5.41 Å². The van der Waals surface area contributed by atoms with Gasteiger partial charge in [0.05, 0.1) is 0 Å². The molecule has 1 aliphatic rings. The number of carbonyl (C=O) groups excluding carboxylic acids is 1. The third-order valence-corrected chi connectivity index (χ3v) is 4.10. The first-order valence-electron chi connectivity index (χ1n) is 6.77. The summed E-state index contributed by atoms with van der Waals surface area (Å²) in [7, 11) is 0. The summed E-state index contributed by atoms with van der Waals surface area (Å²) in [5.74, 6) is -1.60. The zero-order valence-corrected chi connectivity index (χ0v) is 12.6. The molecule has 1 aliphatic heterocycles. The lowest BCUT2D eigenvalue weighted by Gasteiger charge is -2.37. The minimum atomic E-state index is -1.40. The first kappa shape index (κ1) is 15.0. The number of carbonyl (C=O) groups is 1. The highest BCUT2D eigenvalue weighted by Crippen LogP contribution is 2.47. The van der Waals surface area contributed by atoms with Crippen molar-refractivity contribution in [2.45, 2.75) is 52.1 Å². The summed E-state index contributed by atoms with van der Waals surface area (Å²) < 4.78 is 11.4. The number of cyclic esters (lactones) is 1. The van der Waals surface area contributed by atoms with Crippen molar-refractivity contribution < 1.29 is 19.4 Å². The molecule has 0 spiro atoms. The highest BCUT2D eigenvalue weighted by atomic mass is 16.8. The van der Waals surface area contributed by atoms with E-state index in [0.717, 1.165) is 0 Å². The van der Waals surface area contributed by atoms with Crippen molar-refractivity contribution in [3.05, 3.63) is 35.9 Å². The minimum absolute atomic E-state index is 0.392. The van der Waals surface area contributed by atoms with Gasteiger partial charge in [0.2, 0.25) is 5.79 Å².